The van der Waals surface area contributed by atoms with Crippen molar-refractivity contribution in [2.24, 2.45) is 0 Å². The van der Waals surface area contributed by atoms with E-state index in [1.54, 1.807) is 0 Å². The van der Waals surface area contributed by atoms with Gasteiger partial charge in [-0.1, -0.05) is 0 Å². The molecule has 0 aliphatic rings. The van der Waals surface area contributed by atoms with Gasteiger partial charge >= 0.3 is 52.3 Å². The fourth-order valence-corrected chi connectivity index (χ4v) is 0.534. The zero-order valence-corrected chi connectivity index (χ0v) is 5.63. The van der Waals surface area contributed by atoms with Gasteiger partial charge in [-0.3, -0.25) is 0 Å². The van der Waals surface area contributed by atoms with Gasteiger partial charge in [0.25, 0.3) is 0 Å². The molecule has 2 heteroatoms. The van der Waals surface area contributed by atoms with E-state index in [0.717, 1.165) is 0 Å². The first kappa shape index (κ1) is 8.34. The molecule has 0 aromatic heterocycles. The van der Waals surface area contributed by atoms with E-state index >= 15 is 0 Å². The van der Waals surface area contributed by atoms with Gasteiger partial charge in [-0.05, 0) is 0 Å². The molecule has 0 spiro atoms. The summed E-state index contributed by atoms with van der Waals surface area (Å²) in [7, 11) is 0. The van der Waals surface area contributed by atoms with Crippen LogP contribution in [0.1, 0.15) is 0 Å². The Kier molecular flexibility index (Phi) is 4.42. The van der Waals surface area contributed by atoms with Gasteiger partial charge in [0.05, 0.1) is 0 Å². The monoisotopic (exact) mass is 147 g/mol. The van der Waals surface area contributed by atoms with E-state index in [1.165, 1.54) is 4.24 Å². The van der Waals surface area contributed by atoms with Gasteiger partial charge in [0.1, 0.15) is 0 Å². The molecule has 0 bridgehead atoms. The van der Waals surface area contributed by atoms with Crippen LogP contribution < -0.4 is 4.24 Å². The Balaban J connectivity index is 0.000000490. The minimum absolute atomic E-state index is 0. The molecule has 0 saturated heterocycles. The Morgan fingerprint density at radius 3 is 1.75 bits per heavy atom. The second kappa shape index (κ2) is 4.24. The second-order valence-electron chi connectivity index (χ2n) is 1.65. The molecule has 0 amide bonds. The molecule has 0 unspecified atom stereocenters. The summed E-state index contributed by atoms with van der Waals surface area (Å²) in [5.41, 5.74) is 0. The first-order valence-electron chi connectivity index (χ1n) is 2.41. The van der Waals surface area contributed by atoms with Crippen molar-refractivity contribution in [3.05, 3.63) is 30.3 Å². The quantitative estimate of drug-likeness (QED) is 0.469. The second-order valence-corrected chi connectivity index (χ2v) is 1.65. The van der Waals surface area contributed by atoms with Gasteiger partial charge in [-0.15, -0.1) is 0 Å². The van der Waals surface area contributed by atoms with Gasteiger partial charge in [0.15, 0.2) is 0 Å². The van der Waals surface area contributed by atoms with Crippen molar-refractivity contribution in [3.63, 3.8) is 0 Å². The molecule has 0 saturated carbocycles. The van der Waals surface area contributed by atoms with Crippen molar-refractivity contribution < 1.29 is 17.1 Å². The Hall–Kier alpha value is 0.337. The molecule has 1 rings (SSSR count). The Labute approximate surface area is 69.3 Å². The molecule has 41 valence electrons. The van der Waals surface area contributed by atoms with Crippen LogP contribution in [0.25, 0.3) is 0 Å². The summed E-state index contributed by atoms with van der Waals surface area (Å²) in [6, 6.07) is 10.3. The third-order valence-electron chi connectivity index (χ3n) is 0.940. The summed E-state index contributed by atoms with van der Waals surface area (Å²) in [4.78, 5) is 0. The van der Waals surface area contributed by atoms with Crippen LogP contribution >= 0.6 is 0 Å². The molecule has 0 aliphatic heterocycles. The van der Waals surface area contributed by atoms with E-state index in [4.69, 9.17) is 0 Å². The molecule has 1 radical (unpaired) electrons. The molecule has 1 aromatic carbocycles. The van der Waals surface area contributed by atoms with E-state index in [1.807, 2.05) is 18.2 Å². The van der Waals surface area contributed by atoms with Crippen LogP contribution in [0.15, 0.2) is 30.3 Å². The Morgan fingerprint density at radius 1 is 1.00 bits per heavy atom. The van der Waals surface area contributed by atoms with Crippen LogP contribution in [0, 0.1) is 0 Å². The summed E-state index contributed by atoms with van der Waals surface area (Å²) in [6.07, 6.45) is 0. The molecule has 0 aliphatic carbocycles. The van der Waals surface area contributed by atoms with Crippen LogP contribution in [0.2, 0.25) is 0 Å². The van der Waals surface area contributed by atoms with Crippen LogP contribution in [0.5, 0.6) is 0 Å². The Morgan fingerprint density at radius 2 is 1.50 bits per heavy atom. The van der Waals surface area contributed by atoms with Gasteiger partial charge in [0.2, 0.25) is 0 Å². The molecule has 1 aromatic rings. The van der Waals surface area contributed by atoms with E-state index in [-0.39, 0.29) is 17.1 Å². The van der Waals surface area contributed by atoms with Crippen molar-refractivity contribution in [1.29, 1.82) is 0 Å². The summed E-state index contributed by atoms with van der Waals surface area (Å²) >= 11 is 2.08. The van der Waals surface area contributed by atoms with E-state index in [2.05, 4.69) is 29.8 Å². The maximum absolute atomic E-state index is 2.08. The standard InChI is InChI=1S/C6H5.Cu.Li/c1-2-4-6-5-3-1;;/h1-5H;;. The third kappa shape index (κ3) is 2.60. The number of hydrogen-bond acceptors (Lipinski definition) is 0. The SMILES string of the molecule is [Cu].[Li][c]1ccccc1. The third-order valence-corrected chi connectivity index (χ3v) is 0.940. The van der Waals surface area contributed by atoms with Crippen LogP contribution in [0.4, 0.5) is 0 Å². The summed E-state index contributed by atoms with van der Waals surface area (Å²) in [5.74, 6) is 0. The van der Waals surface area contributed by atoms with Crippen molar-refractivity contribution >= 4 is 22.0 Å². The molecule has 0 nitrogen and oxygen atoms in total. The number of rotatable bonds is 0. The van der Waals surface area contributed by atoms with Crippen molar-refractivity contribution in [3.8, 4) is 0 Å². The van der Waals surface area contributed by atoms with Crippen molar-refractivity contribution in [1.82, 2.24) is 0 Å². The zero-order chi connectivity index (χ0) is 5.11. The average Bonchev–Trinajstić information content (AvgIpc) is 1.69. The number of benzene rings is 1. The molecular weight excluding hydrogens is 143 g/mol. The molecular formula is C6H5CuLi. The molecule has 0 N–H and O–H groups in total. The van der Waals surface area contributed by atoms with E-state index in [9.17, 15) is 0 Å². The Bertz CT molecular complexity index is 138. The molecule has 0 atom stereocenters. The average molecular weight is 148 g/mol. The minimum atomic E-state index is 0. The predicted octanol–water partition coefficient (Wildman–Crippen LogP) is 0.478. The van der Waals surface area contributed by atoms with Crippen molar-refractivity contribution in [2.45, 2.75) is 0 Å². The predicted molar refractivity (Wildman–Crippen MR) is 31.8 cm³/mol. The van der Waals surface area contributed by atoms with Gasteiger partial charge in [-0.25, -0.2) is 0 Å². The fourth-order valence-electron chi connectivity index (χ4n) is 0.534. The topological polar surface area (TPSA) is 0 Å². The summed E-state index contributed by atoms with van der Waals surface area (Å²) in [5, 5.41) is 0. The molecule has 0 fully saturated rings. The first-order chi connectivity index (χ1) is 3.39. The van der Waals surface area contributed by atoms with Crippen molar-refractivity contribution in [2.75, 3.05) is 0 Å². The zero-order valence-electron chi connectivity index (χ0n) is 4.69. The fraction of sp³-hybridized carbons (Fsp3) is 0. The molecule has 0 heterocycles. The molecule has 8 heavy (non-hydrogen) atoms. The van der Waals surface area contributed by atoms with E-state index < -0.39 is 0 Å². The van der Waals surface area contributed by atoms with E-state index in [0.29, 0.717) is 0 Å². The van der Waals surface area contributed by atoms with Gasteiger partial charge in [-0.2, -0.15) is 0 Å². The van der Waals surface area contributed by atoms with Crippen LogP contribution in [0.3, 0.4) is 0 Å². The maximum atomic E-state index is 2.08. The van der Waals surface area contributed by atoms with Crippen LogP contribution in [-0.4, -0.2) is 17.7 Å². The number of hydrogen-bond donors (Lipinski definition) is 0. The van der Waals surface area contributed by atoms with Gasteiger partial charge < -0.3 is 0 Å². The van der Waals surface area contributed by atoms with Gasteiger partial charge in [0, 0.05) is 17.1 Å². The van der Waals surface area contributed by atoms with Crippen LogP contribution in [-0.2, 0) is 17.1 Å². The first-order valence-corrected chi connectivity index (χ1v) is 2.41. The summed E-state index contributed by atoms with van der Waals surface area (Å²) < 4.78 is 1.32. The normalized spacial score (nSPS) is 7.75. The summed E-state index contributed by atoms with van der Waals surface area (Å²) in [6.45, 7) is 0.